The van der Waals surface area contributed by atoms with Crippen LogP contribution in [-0.2, 0) is 32.5 Å². The van der Waals surface area contributed by atoms with Gasteiger partial charge in [0.2, 0.25) is 5.91 Å². The van der Waals surface area contributed by atoms with Gasteiger partial charge < -0.3 is 20.1 Å². The van der Waals surface area contributed by atoms with Crippen molar-refractivity contribution in [3.05, 3.63) is 143 Å². The minimum absolute atomic E-state index is 0.0322. The number of carbonyl (C=O) groups is 3. The van der Waals surface area contributed by atoms with Gasteiger partial charge in [-0.15, -0.1) is 0 Å². The Bertz CT molecular complexity index is 2230. The number of carbonyl (C=O) groups excluding carboxylic acids is 3. The van der Waals surface area contributed by atoms with Crippen LogP contribution in [0.1, 0.15) is 32.6 Å². The molecule has 11 nitrogen and oxygen atoms in total. The van der Waals surface area contributed by atoms with Crippen molar-refractivity contribution in [1.29, 1.82) is 0 Å². The second kappa shape index (κ2) is 14.6. The van der Waals surface area contributed by atoms with E-state index in [0.29, 0.717) is 16.9 Å². The Morgan fingerprint density at radius 2 is 1.46 bits per heavy atom. The summed E-state index contributed by atoms with van der Waals surface area (Å²) >= 11 is 0. The number of nitrogens with one attached hydrogen (secondary N) is 4. The number of para-hydroxylation sites is 1. The molecule has 12 heteroatoms. The first-order chi connectivity index (χ1) is 24.1. The fourth-order valence-electron chi connectivity index (χ4n) is 5.83. The van der Waals surface area contributed by atoms with Crippen LogP contribution < -0.4 is 15.4 Å². The molecule has 0 spiro atoms. The van der Waals surface area contributed by atoms with Crippen molar-refractivity contribution in [2.45, 2.75) is 43.7 Å². The van der Waals surface area contributed by atoms with Gasteiger partial charge in [-0.2, -0.15) is 0 Å². The molecule has 254 valence electrons. The zero-order chi connectivity index (χ0) is 35.3. The molecule has 0 aliphatic heterocycles. The number of fused-ring (bicyclic) bond motifs is 1. The molecule has 0 radical (unpaired) electrons. The van der Waals surface area contributed by atoms with Crippen molar-refractivity contribution in [2.75, 3.05) is 0 Å². The maximum Gasteiger partial charge on any atom is 0.264 e. The van der Waals surface area contributed by atoms with E-state index in [9.17, 15) is 22.8 Å². The third-order valence-corrected chi connectivity index (χ3v) is 9.60. The number of rotatable bonds is 12. The molecule has 2 aromatic heterocycles. The minimum atomic E-state index is -4.26. The summed E-state index contributed by atoms with van der Waals surface area (Å²) in [4.78, 5) is 44.5. The number of hydrogen-bond donors (Lipinski definition) is 4. The van der Waals surface area contributed by atoms with E-state index >= 15 is 0 Å². The van der Waals surface area contributed by atoms with Gasteiger partial charge in [-0.25, -0.2) is 13.1 Å². The normalized spacial score (nSPS) is 12.6. The fourth-order valence-corrected chi connectivity index (χ4v) is 6.87. The molecular weight excluding hydrogens is 655 g/mol. The van der Waals surface area contributed by atoms with Gasteiger partial charge >= 0.3 is 0 Å². The van der Waals surface area contributed by atoms with E-state index in [0.717, 1.165) is 33.2 Å². The average molecular weight is 690 g/mol. The van der Waals surface area contributed by atoms with Gasteiger partial charge in [0.05, 0.1) is 11.1 Å². The quantitative estimate of drug-likeness (QED) is 0.140. The molecule has 0 unspecified atom stereocenters. The highest BCUT2D eigenvalue weighted by Crippen LogP contribution is 2.21. The van der Waals surface area contributed by atoms with Crippen molar-refractivity contribution in [1.82, 2.24) is 25.5 Å². The molecule has 3 amide bonds. The van der Waals surface area contributed by atoms with E-state index < -0.39 is 39.8 Å². The third kappa shape index (κ3) is 7.99. The number of aryl methyl sites for hydroxylation is 2. The van der Waals surface area contributed by atoms with Crippen molar-refractivity contribution in [2.24, 2.45) is 0 Å². The molecule has 2 heterocycles. The van der Waals surface area contributed by atoms with Crippen LogP contribution in [0.5, 0.6) is 0 Å². The highest BCUT2D eigenvalue weighted by molar-refractivity contribution is 7.90. The summed E-state index contributed by atoms with van der Waals surface area (Å²) in [6, 6.07) is 26.9. The van der Waals surface area contributed by atoms with Crippen LogP contribution in [0.4, 0.5) is 0 Å². The second-order valence-corrected chi connectivity index (χ2v) is 13.8. The van der Waals surface area contributed by atoms with Crippen molar-refractivity contribution < 1.29 is 27.3 Å². The van der Waals surface area contributed by atoms with Crippen LogP contribution in [0.3, 0.4) is 0 Å². The Morgan fingerprint density at radius 3 is 2.16 bits per heavy atom. The summed E-state index contributed by atoms with van der Waals surface area (Å²) < 4.78 is 33.7. The Labute approximate surface area is 289 Å². The van der Waals surface area contributed by atoms with Gasteiger partial charge in [-0.05, 0) is 55.3 Å². The molecular formula is C38H35N5O6S. The summed E-state index contributed by atoms with van der Waals surface area (Å²) in [5.74, 6) is -1.49. The van der Waals surface area contributed by atoms with E-state index in [1.165, 1.54) is 12.1 Å². The smallest absolute Gasteiger partial charge is 0.264 e. The minimum Gasteiger partial charge on any atom is -0.361 e. The SMILES string of the molecule is Cc1cc(C)cc(C(=O)N[C@H](Cc2ccc(-c3ccno3)cc2)C(=O)N[C@@H](Cc2c[nH]c3ccccc23)C(=O)NS(=O)(=O)c2ccccc2)c1. The first-order valence-corrected chi connectivity index (χ1v) is 17.4. The first kappa shape index (κ1) is 33.9. The van der Waals surface area contributed by atoms with Crippen LogP contribution in [-0.4, -0.2) is 48.4 Å². The molecule has 0 bridgehead atoms. The van der Waals surface area contributed by atoms with Crippen molar-refractivity contribution in [3.63, 3.8) is 0 Å². The van der Waals surface area contributed by atoms with Gasteiger partial charge in [-0.3, -0.25) is 14.4 Å². The summed E-state index contributed by atoms with van der Waals surface area (Å²) in [6.45, 7) is 3.75. The van der Waals surface area contributed by atoms with Gasteiger partial charge in [0.15, 0.2) is 5.76 Å². The van der Waals surface area contributed by atoms with E-state index in [1.54, 1.807) is 48.8 Å². The number of sulfonamides is 1. The summed E-state index contributed by atoms with van der Waals surface area (Å²) in [5.41, 5.74) is 5.15. The monoisotopic (exact) mass is 689 g/mol. The van der Waals surface area contributed by atoms with Crippen LogP contribution in [0.2, 0.25) is 0 Å². The van der Waals surface area contributed by atoms with E-state index in [-0.39, 0.29) is 17.7 Å². The Morgan fingerprint density at radius 1 is 0.780 bits per heavy atom. The zero-order valence-electron chi connectivity index (χ0n) is 27.3. The van der Waals surface area contributed by atoms with Gasteiger partial charge in [0.1, 0.15) is 12.1 Å². The highest BCUT2D eigenvalue weighted by Gasteiger charge is 2.31. The Kier molecular flexibility index (Phi) is 9.91. The number of aromatic amines is 1. The molecule has 0 saturated heterocycles. The maximum atomic E-state index is 14.2. The number of hydrogen-bond acceptors (Lipinski definition) is 7. The molecule has 0 fully saturated rings. The molecule has 4 aromatic carbocycles. The van der Waals surface area contributed by atoms with Gasteiger partial charge in [0.25, 0.3) is 21.8 Å². The number of H-pyrrole nitrogens is 1. The molecule has 0 aliphatic carbocycles. The molecule has 0 saturated carbocycles. The predicted octanol–water partition coefficient (Wildman–Crippen LogP) is 5.01. The lowest BCUT2D eigenvalue weighted by molar-refractivity contribution is -0.129. The summed E-state index contributed by atoms with van der Waals surface area (Å²) in [6.07, 6.45) is 3.30. The number of amides is 3. The maximum absolute atomic E-state index is 14.2. The van der Waals surface area contributed by atoms with E-state index in [4.69, 9.17) is 4.52 Å². The predicted molar refractivity (Wildman–Crippen MR) is 189 cm³/mol. The van der Waals surface area contributed by atoms with E-state index in [2.05, 4.69) is 25.5 Å². The lowest BCUT2D eigenvalue weighted by atomic mass is 10.0. The standard InChI is InChI=1S/C38H35N5O6S/c1-24-18-25(2)20-28(19-24)36(44)41-33(21-26-12-14-27(15-13-26)35-16-17-40-49-35)37(45)42-34(22-29-23-39-32-11-7-6-10-31(29)32)38(46)43-50(47,48)30-8-4-3-5-9-30/h3-20,23,33-34,39H,21-22H2,1-2H3,(H,41,44)(H,42,45)(H,43,46)/t33-,34+/m1/s1. The number of benzene rings is 4. The fraction of sp³-hybridized carbons (Fsp3) is 0.158. The van der Waals surface area contributed by atoms with E-state index in [1.807, 2.05) is 68.4 Å². The Balaban J connectivity index is 1.30. The van der Waals surface area contributed by atoms with Crippen LogP contribution >= 0.6 is 0 Å². The zero-order valence-corrected chi connectivity index (χ0v) is 28.2. The van der Waals surface area contributed by atoms with Crippen LogP contribution in [0.15, 0.2) is 125 Å². The lowest BCUT2D eigenvalue weighted by Crippen LogP contribution is -2.55. The highest BCUT2D eigenvalue weighted by atomic mass is 32.2. The largest absolute Gasteiger partial charge is 0.361 e. The molecule has 50 heavy (non-hydrogen) atoms. The number of aromatic nitrogens is 2. The summed E-state index contributed by atoms with van der Waals surface area (Å²) in [5, 5.41) is 10.2. The Hall–Kier alpha value is -6.01. The lowest BCUT2D eigenvalue weighted by Gasteiger charge is -2.23. The second-order valence-electron chi connectivity index (χ2n) is 12.1. The van der Waals surface area contributed by atoms with Crippen LogP contribution in [0.25, 0.3) is 22.2 Å². The average Bonchev–Trinajstić information content (AvgIpc) is 3.79. The van der Waals surface area contributed by atoms with Crippen molar-refractivity contribution >= 4 is 38.6 Å². The topological polar surface area (TPSA) is 163 Å². The van der Waals surface area contributed by atoms with Crippen molar-refractivity contribution in [3.8, 4) is 11.3 Å². The summed E-state index contributed by atoms with van der Waals surface area (Å²) in [7, 11) is -4.26. The molecule has 6 rings (SSSR count). The van der Waals surface area contributed by atoms with Gasteiger partial charge in [-0.1, -0.05) is 83.0 Å². The first-order valence-electron chi connectivity index (χ1n) is 15.9. The molecule has 6 aromatic rings. The molecule has 2 atom stereocenters. The van der Waals surface area contributed by atoms with Gasteiger partial charge in [0, 0.05) is 47.1 Å². The van der Waals surface area contributed by atoms with Crippen LogP contribution in [0, 0.1) is 13.8 Å². The molecule has 0 aliphatic rings. The number of nitrogens with zero attached hydrogens (tertiary/aromatic N) is 1. The molecule has 4 N–H and O–H groups in total. The third-order valence-electron chi connectivity index (χ3n) is 8.24.